The standard InChI is InChI=1S/C16H14ClF2N5O/c17-12-3-1-2-11(5-12)13-4-10(7-21-15(13)25-16(18)19)8-24-9-22-14(6-20)23-24/h1-5,7,9,16H,6,8,20H2. The molecule has 0 bridgehead atoms. The zero-order valence-electron chi connectivity index (χ0n) is 12.9. The van der Waals surface area contributed by atoms with E-state index in [-0.39, 0.29) is 12.4 Å². The van der Waals surface area contributed by atoms with Crippen LogP contribution in [-0.4, -0.2) is 26.4 Å². The van der Waals surface area contributed by atoms with Crippen molar-refractivity contribution in [2.24, 2.45) is 5.73 Å². The number of rotatable bonds is 6. The van der Waals surface area contributed by atoms with E-state index in [0.29, 0.717) is 28.5 Å². The van der Waals surface area contributed by atoms with Crippen molar-refractivity contribution in [1.82, 2.24) is 19.7 Å². The fourth-order valence-electron chi connectivity index (χ4n) is 2.31. The van der Waals surface area contributed by atoms with Crippen LogP contribution in [0, 0.1) is 0 Å². The van der Waals surface area contributed by atoms with Crippen molar-refractivity contribution < 1.29 is 13.5 Å². The maximum absolute atomic E-state index is 12.7. The molecule has 0 radical (unpaired) electrons. The van der Waals surface area contributed by atoms with Crippen LogP contribution >= 0.6 is 11.6 Å². The van der Waals surface area contributed by atoms with E-state index in [9.17, 15) is 8.78 Å². The summed E-state index contributed by atoms with van der Waals surface area (Å²) in [6.07, 6.45) is 3.00. The molecule has 0 spiro atoms. The highest BCUT2D eigenvalue weighted by atomic mass is 35.5. The minimum Gasteiger partial charge on any atom is -0.416 e. The van der Waals surface area contributed by atoms with Gasteiger partial charge in [0, 0.05) is 16.8 Å². The van der Waals surface area contributed by atoms with Crippen molar-refractivity contribution in [2.75, 3.05) is 0 Å². The fraction of sp³-hybridized carbons (Fsp3) is 0.188. The van der Waals surface area contributed by atoms with Gasteiger partial charge >= 0.3 is 6.61 Å². The second-order valence-corrected chi connectivity index (χ2v) is 5.58. The number of hydrogen-bond acceptors (Lipinski definition) is 5. The Labute approximate surface area is 147 Å². The van der Waals surface area contributed by atoms with E-state index in [1.54, 1.807) is 41.3 Å². The first-order valence-corrected chi connectivity index (χ1v) is 7.71. The van der Waals surface area contributed by atoms with Crippen LogP contribution in [0.15, 0.2) is 42.9 Å². The van der Waals surface area contributed by atoms with E-state index in [4.69, 9.17) is 17.3 Å². The third-order valence-corrected chi connectivity index (χ3v) is 3.59. The Bertz CT molecular complexity index is 871. The average Bonchev–Trinajstić information content (AvgIpc) is 3.03. The highest BCUT2D eigenvalue weighted by Gasteiger charge is 2.14. The van der Waals surface area contributed by atoms with Crippen molar-refractivity contribution in [1.29, 1.82) is 0 Å². The fourth-order valence-corrected chi connectivity index (χ4v) is 2.50. The van der Waals surface area contributed by atoms with Crippen LogP contribution in [0.25, 0.3) is 11.1 Å². The lowest BCUT2D eigenvalue weighted by molar-refractivity contribution is -0.0524. The molecule has 9 heteroatoms. The molecule has 3 aromatic rings. The van der Waals surface area contributed by atoms with Crippen molar-refractivity contribution >= 4 is 11.6 Å². The van der Waals surface area contributed by atoms with E-state index in [2.05, 4.69) is 19.8 Å². The Morgan fingerprint density at radius 2 is 2.08 bits per heavy atom. The van der Waals surface area contributed by atoms with E-state index >= 15 is 0 Å². The van der Waals surface area contributed by atoms with E-state index in [0.717, 1.165) is 5.56 Å². The molecule has 0 fully saturated rings. The van der Waals surface area contributed by atoms with Crippen LogP contribution in [0.1, 0.15) is 11.4 Å². The summed E-state index contributed by atoms with van der Waals surface area (Å²) in [5.41, 5.74) is 7.27. The van der Waals surface area contributed by atoms with Gasteiger partial charge in [-0.2, -0.15) is 13.9 Å². The van der Waals surface area contributed by atoms with Gasteiger partial charge < -0.3 is 10.5 Å². The van der Waals surface area contributed by atoms with Gasteiger partial charge in [-0.1, -0.05) is 23.7 Å². The Hall–Kier alpha value is -2.58. The van der Waals surface area contributed by atoms with Crippen molar-refractivity contribution in [3.63, 3.8) is 0 Å². The van der Waals surface area contributed by atoms with Crippen LogP contribution in [0.5, 0.6) is 5.88 Å². The quantitative estimate of drug-likeness (QED) is 0.726. The molecular weight excluding hydrogens is 352 g/mol. The number of nitrogens with zero attached hydrogens (tertiary/aromatic N) is 4. The van der Waals surface area contributed by atoms with Gasteiger partial charge in [0.05, 0.1) is 13.1 Å². The molecule has 0 aliphatic heterocycles. The largest absolute Gasteiger partial charge is 0.416 e. The van der Waals surface area contributed by atoms with E-state index in [1.165, 1.54) is 6.20 Å². The maximum atomic E-state index is 12.7. The first-order valence-electron chi connectivity index (χ1n) is 7.33. The lowest BCUT2D eigenvalue weighted by Gasteiger charge is -2.12. The molecule has 6 nitrogen and oxygen atoms in total. The van der Waals surface area contributed by atoms with Gasteiger partial charge in [0.25, 0.3) is 0 Å². The predicted octanol–water partition coefficient (Wildman–Crippen LogP) is 3.10. The topological polar surface area (TPSA) is 78.8 Å². The monoisotopic (exact) mass is 365 g/mol. The van der Waals surface area contributed by atoms with Crippen LogP contribution < -0.4 is 10.5 Å². The molecule has 130 valence electrons. The first-order chi connectivity index (χ1) is 12.0. The van der Waals surface area contributed by atoms with Gasteiger partial charge in [-0.15, -0.1) is 0 Å². The third-order valence-electron chi connectivity index (χ3n) is 3.36. The molecule has 0 amide bonds. The van der Waals surface area contributed by atoms with Gasteiger partial charge in [-0.25, -0.2) is 14.6 Å². The van der Waals surface area contributed by atoms with E-state index in [1.807, 2.05) is 0 Å². The zero-order valence-corrected chi connectivity index (χ0v) is 13.7. The van der Waals surface area contributed by atoms with Gasteiger partial charge in [-0.3, -0.25) is 0 Å². The molecule has 0 atom stereocenters. The molecular formula is C16H14ClF2N5O. The normalized spacial score (nSPS) is 11.1. The van der Waals surface area contributed by atoms with Crippen LogP contribution in [0.3, 0.4) is 0 Å². The SMILES string of the molecule is NCc1ncn(Cc2cnc(OC(F)F)c(-c3cccc(Cl)c3)c2)n1. The highest BCUT2D eigenvalue weighted by molar-refractivity contribution is 6.30. The number of pyridine rings is 1. The van der Waals surface area contributed by atoms with Crippen LogP contribution in [-0.2, 0) is 13.1 Å². The Balaban J connectivity index is 1.97. The summed E-state index contributed by atoms with van der Waals surface area (Å²) in [7, 11) is 0. The minimum atomic E-state index is -2.97. The van der Waals surface area contributed by atoms with Gasteiger partial charge in [0.15, 0.2) is 5.82 Å². The van der Waals surface area contributed by atoms with Crippen molar-refractivity contribution in [3.8, 4) is 17.0 Å². The van der Waals surface area contributed by atoms with Crippen LogP contribution in [0.4, 0.5) is 8.78 Å². The molecule has 0 aliphatic carbocycles. The Morgan fingerprint density at radius 3 is 2.76 bits per heavy atom. The Kier molecular flexibility index (Phi) is 5.20. The molecule has 25 heavy (non-hydrogen) atoms. The number of alkyl halides is 2. The summed E-state index contributed by atoms with van der Waals surface area (Å²) in [5, 5.41) is 4.67. The number of ether oxygens (including phenoxy) is 1. The molecule has 2 N–H and O–H groups in total. The van der Waals surface area contributed by atoms with Crippen molar-refractivity contribution in [3.05, 3.63) is 59.3 Å². The van der Waals surface area contributed by atoms with Gasteiger partial charge in [-0.05, 0) is 29.3 Å². The number of halogens is 3. The predicted molar refractivity (Wildman–Crippen MR) is 88.3 cm³/mol. The number of aromatic nitrogens is 4. The number of nitrogens with two attached hydrogens (primary N) is 1. The molecule has 0 aliphatic rings. The summed E-state index contributed by atoms with van der Waals surface area (Å²) in [6.45, 7) is -2.37. The molecule has 3 rings (SSSR count). The van der Waals surface area contributed by atoms with Gasteiger partial charge in [0.1, 0.15) is 6.33 Å². The third kappa shape index (κ3) is 4.28. The molecule has 2 aromatic heterocycles. The summed E-state index contributed by atoms with van der Waals surface area (Å²) in [6, 6.07) is 8.52. The second-order valence-electron chi connectivity index (χ2n) is 5.15. The lowest BCUT2D eigenvalue weighted by atomic mass is 10.1. The molecule has 0 saturated heterocycles. The summed E-state index contributed by atoms with van der Waals surface area (Å²) < 4.78 is 31.4. The smallest absolute Gasteiger partial charge is 0.388 e. The molecule has 1 aromatic carbocycles. The zero-order chi connectivity index (χ0) is 17.8. The van der Waals surface area contributed by atoms with E-state index < -0.39 is 6.61 Å². The molecule has 0 unspecified atom stereocenters. The van der Waals surface area contributed by atoms with Crippen molar-refractivity contribution in [2.45, 2.75) is 19.7 Å². The second kappa shape index (κ2) is 7.54. The average molecular weight is 366 g/mol. The molecule has 2 heterocycles. The van der Waals surface area contributed by atoms with Gasteiger partial charge in [0.2, 0.25) is 5.88 Å². The lowest BCUT2D eigenvalue weighted by Crippen LogP contribution is -2.07. The van der Waals surface area contributed by atoms with Crippen LogP contribution in [0.2, 0.25) is 5.02 Å². The summed E-state index contributed by atoms with van der Waals surface area (Å²) in [4.78, 5) is 8.06. The highest BCUT2D eigenvalue weighted by Crippen LogP contribution is 2.31. The summed E-state index contributed by atoms with van der Waals surface area (Å²) >= 11 is 6.00. The maximum Gasteiger partial charge on any atom is 0.388 e. The summed E-state index contributed by atoms with van der Waals surface area (Å²) in [5.74, 6) is 0.350. The minimum absolute atomic E-state index is 0.165. The number of hydrogen-bond donors (Lipinski definition) is 1. The first kappa shape index (κ1) is 17.2. The number of benzene rings is 1. The molecule has 0 saturated carbocycles. The Morgan fingerprint density at radius 1 is 1.24 bits per heavy atom.